The summed E-state index contributed by atoms with van der Waals surface area (Å²) in [4.78, 5) is 33.7. The Hall–Kier alpha value is -2.88. The Balaban J connectivity index is 1.44. The van der Waals surface area contributed by atoms with Crippen LogP contribution in [0.15, 0.2) is 53.0 Å². The van der Waals surface area contributed by atoms with Crippen molar-refractivity contribution < 1.29 is 14.3 Å². The van der Waals surface area contributed by atoms with Crippen LogP contribution in [0.5, 0.6) is 0 Å². The molecule has 0 spiro atoms. The number of thioether (sulfide) groups is 1. The fraction of sp³-hybridized carbons (Fsp3) is 0.217. The van der Waals surface area contributed by atoms with Crippen LogP contribution in [0.1, 0.15) is 24.2 Å². The van der Waals surface area contributed by atoms with Crippen molar-refractivity contribution >= 4 is 62.7 Å². The number of carbonyl (C=O) groups is 2. The second kappa shape index (κ2) is 10.4. The van der Waals surface area contributed by atoms with E-state index in [4.69, 9.17) is 16.3 Å². The zero-order valence-electron chi connectivity index (χ0n) is 18.0. The number of thiazole rings is 1. The number of aryl methyl sites for hydroxylation is 1. The van der Waals surface area contributed by atoms with E-state index in [0.717, 1.165) is 16.8 Å². The first kappa shape index (κ1) is 23.3. The van der Waals surface area contributed by atoms with Crippen LogP contribution in [-0.4, -0.2) is 38.8 Å². The Morgan fingerprint density at radius 1 is 1.18 bits per heavy atom. The van der Waals surface area contributed by atoms with Gasteiger partial charge in [0.15, 0.2) is 10.3 Å². The number of anilines is 1. The summed E-state index contributed by atoms with van der Waals surface area (Å²) in [6.45, 7) is 4.78. The first-order valence-electron chi connectivity index (χ1n) is 10.3. The molecule has 2 aromatic carbocycles. The minimum Gasteiger partial charge on any atom is -0.462 e. The summed E-state index contributed by atoms with van der Waals surface area (Å²) in [6, 6.07) is 12.8. The molecule has 33 heavy (non-hydrogen) atoms. The van der Waals surface area contributed by atoms with Gasteiger partial charge in [0.25, 0.3) is 0 Å². The van der Waals surface area contributed by atoms with Crippen molar-refractivity contribution in [2.24, 2.45) is 0 Å². The molecular formula is C23H21ClN4O3S2. The molecule has 0 saturated carbocycles. The maximum Gasteiger partial charge on any atom is 0.338 e. The zero-order chi connectivity index (χ0) is 23.4. The van der Waals surface area contributed by atoms with Gasteiger partial charge in [-0.25, -0.2) is 14.8 Å². The van der Waals surface area contributed by atoms with Crippen molar-refractivity contribution in [2.45, 2.75) is 25.5 Å². The lowest BCUT2D eigenvalue weighted by atomic mass is 10.2. The lowest BCUT2D eigenvalue weighted by Gasteiger charge is -2.06. The second-order valence-electron chi connectivity index (χ2n) is 6.92. The molecule has 4 rings (SSSR count). The van der Waals surface area contributed by atoms with Gasteiger partial charge in [-0.3, -0.25) is 4.79 Å². The van der Waals surface area contributed by atoms with E-state index in [0.29, 0.717) is 39.5 Å². The highest BCUT2D eigenvalue weighted by Gasteiger charge is 2.16. The SMILES string of the molecule is CCOC(=O)c1ccc2c(c1)nc(SCC(=O)Nc1nc(-c3ccccc3Cl)cs1)n2CC. The molecule has 2 aromatic heterocycles. The van der Waals surface area contributed by atoms with Crippen LogP contribution >= 0.6 is 34.7 Å². The van der Waals surface area contributed by atoms with Gasteiger partial charge in [0.2, 0.25) is 5.91 Å². The second-order valence-corrected chi connectivity index (χ2v) is 9.12. The molecule has 0 saturated heterocycles. The van der Waals surface area contributed by atoms with Gasteiger partial charge in [-0.1, -0.05) is 41.6 Å². The van der Waals surface area contributed by atoms with Crippen LogP contribution in [0.25, 0.3) is 22.3 Å². The summed E-state index contributed by atoms with van der Waals surface area (Å²) in [5, 5.41) is 6.53. The van der Waals surface area contributed by atoms with E-state index < -0.39 is 0 Å². The summed E-state index contributed by atoms with van der Waals surface area (Å²) in [6.07, 6.45) is 0. The average Bonchev–Trinajstić information content (AvgIpc) is 3.41. The molecule has 170 valence electrons. The van der Waals surface area contributed by atoms with Gasteiger partial charge in [0.1, 0.15) is 0 Å². The fourth-order valence-corrected chi connectivity index (χ4v) is 5.11. The number of nitrogens with one attached hydrogen (secondary N) is 1. The first-order valence-corrected chi connectivity index (χ1v) is 12.5. The van der Waals surface area contributed by atoms with Crippen LogP contribution in [0.4, 0.5) is 5.13 Å². The highest BCUT2D eigenvalue weighted by atomic mass is 35.5. The quantitative estimate of drug-likeness (QED) is 0.245. The maximum atomic E-state index is 12.5. The average molecular weight is 501 g/mol. The lowest BCUT2D eigenvalue weighted by molar-refractivity contribution is -0.113. The van der Waals surface area contributed by atoms with E-state index in [9.17, 15) is 9.59 Å². The largest absolute Gasteiger partial charge is 0.462 e. The van der Waals surface area contributed by atoms with Crippen LogP contribution in [0.2, 0.25) is 5.02 Å². The molecule has 10 heteroatoms. The predicted molar refractivity (Wildman–Crippen MR) is 133 cm³/mol. The van der Waals surface area contributed by atoms with Crippen molar-refractivity contribution in [3.8, 4) is 11.3 Å². The van der Waals surface area contributed by atoms with Crippen LogP contribution in [-0.2, 0) is 16.1 Å². The number of fused-ring (bicyclic) bond motifs is 1. The van der Waals surface area contributed by atoms with Crippen molar-refractivity contribution in [1.82, 2.24) is 14.5 Å². The zero-order valence-corrected chi connectivity index (χ0v) is 20.4. The molecule has 7 nitrogen and oxygen atoms in total. The summed E-state index contributed by atoms with van der Waals surface area (Å²) in [7, 11) is 0. The summed E-state index contributed by atoms with van der Waals surface area (Å²) in [5.74, 6) is -0.379. The van der Waals surface area contributed by atoms with E-state index in [-0.39, 0.29) is 17.6 Å². The minimum absolute atomic E-state index is 0.176. The van der Waals surface area contributed by atoms with E-state index in [1.54, 1.807) is 25.1 Å². The summed E-state index contributed by atoms with van der Waals surface area (Å²) >= 11 is 8.92. The van der Waals surface area contributed by atoms with Gasteiger partial charge >= 0.3 is 5.97 Å². The van der Waals surface area contributed by atoms with E-state index in [1.807, 2.05) is 41.1 Å². The molecule has 4 aromatic rings. The molecule has 0 bridgehead atoms. The third kappa shape index (κ3) is 5.21. The Morgan fingerprint density at radius 3 is 2.76 bits per heavy atom. The normalized spacial score (nSPS) is 11.0. The molecule has 0 radical (unpaired) electrons. The monoisotopic (exact) mass is 500 g/mol. The topological polar surface area (TPSA) is 86.1 Å². The summed E-state index contributed by atoms with van der Waals surface area (Å²) < 4.78 is 7.08. The number of esters is 1. The van der Waals surface area contributed by atoms with Gasteiger partial charge in [-0.15, -0.1) is 11.3 Å². The number of carbonyl (C=O) groups excluding carboxylic acids is 2. The molecule has 0 unspecified atom stereocenters. The highest BCUT2D eigenvalue weighted by molar-refractivity contribution is 7.99. The molecule has 1 amide bonds. The third-order valence-corrected chi connectivity index (χ3v) is 6.84. The Bertz CT molecular complexity index is 1320. The van der Waals surface area contributed by atoms with Crippen LogP contribution in [0.3, 0.4) is 0 Å². The van der Waals surface area contributed by atoms with E-state index in [1.165, 1.54) is 23.1 Å². The molecule has 0 aliphatic heterocycles. The predicted octanol–water partition coefficient (Wildman–Crippen LogP) is 5.74. The van der Waals surface area contributed by atoms with Gasteiger partial charge < -0.3 is 14.6 Å². The number of aromatic nitrogens is 3. The minimum atomic E-state index is -0.376. The molecule has 1 N–H and O–H groups in total. The standard InChI is InChI=1S/C23H21ClN4O3S2/c1-3-28-19-10-9-14(21(30)31-4-2)11-17(19)26-23(28)33-13-20(29)27-22-25-18(12-32-22)15-7-5-6-8-16(15)24/h5-12H,3-4,13H2,1-2H3,(H,25,27,29). The molecule has 0 aliphatic rings. The van der Waals surface area contributed by atoms with Gasteiger partial charge in [0, 0.05) is 22.5 Å². The van der Waals surface area contributed by atoms with E-state index >= 15 is 0 Å². The Labute approximate surface area is 204 Å². The number of hydrogen-bond donors (Lipinski definition) is 1. The van der Waals surface area contributed by atoms with Crippen molar-refractivity contribution in [2.75, 3.05) is 17.7 Å². The number of benzene rings is 2. The smallest absolute Gasteiger partial charge is 0.338 e. The molecule has 0 aliphatic carbocycles. The number of imidazole rings is 1. The number of amides is 1. The van der Waals surface area contributed by atoms with Crippen LogP contribution in [0, 0.1) is 0 Å². The van der Waals surface area contributed by atoms with Crippen molar-refractivity contribution in [3.63, 3.8) is 0 Å². The lowest BCUT2D eigenvalue weighted by Crippen LogP contribution is -2.14. The Morgan fingerprint density at radius 2 is 2.00 bits per heavy atom. The Kier molecular flexibility index (Phi) is 7.32. The fourth-order valence-electron chi connectivity index (χ4n) is 3.27. The highest BCUT2D eigenvalue weighted by Crippen LogP contribution is 2.30. The maximum absolute atomic E-state index is 12.5. The number of rotatable bonds is 8. The van der Waals surface area contributed by atoms with Gasteiger partial charge in [0.05, 0.1) is 34.7 Å². The molecule has 0 fully saturated rings. The van der Waals surface area contributed by atoms with Crippen molar-refractivity contribution in [3.05, 3.63) is 58.4 Å². The molecule has 0 atom stereocenters. The number of nitrogens with zero attached hydrogens (tertiary/aromatic N) is 3. The van der Waals surface area contributed by atoms with Crippen LogP contribution < -0.4 is 5.32 Å². The molecule has 2 heterocycles. The van der Waals surface area contributed by atoms with Crippen molar-refractivity contribution in [1.29, 1.82) is 0 Å². The first-order chi connectivity index (χ1) is 16.0. The van der Waals surface area contributed by atoms with E-state index in [2.05, 4.69) is 15.3 Å². The number of halogens is 1. The number of ether oxygens (including phenoxy) is 1. The molecular weight excluding hydrogens is 480 g/mol. The van der Waals surface area contributed by atoms with Gasteiger partial charge in [-0.2, -0.15) is 0 Å². The number of hydrogen-bond acceptors (Lipinski definition) is 7. The third-order valence-electron chi connectivity index (χ3n) is 4.77. The summed E-state index contributed by atoms with van der Waals surface area (Å²) in [5.41, 5.74) is 3.59. The van der Waals surface area contributed by atoms with Gasteiger partial charge in [-0.05, 0) is 38.1 Å².